The van der Waals surface area contributed by atoms with Crippen molar-refractivity contribution in [2.24, 2.45) is 5.10 Å². The average Bonchev–Trinajstić information content (AvgIpc) is 2.72. The highest BCUT2D eigenvalue weighted by Gasteiger charge is 2.33. The smallest absolute Gasteiger partial charge is 0.272 e. The lowest BCUT2D eigenvalue weighted by Crippen LogP contribution is -2.06. The zero-order chi connectivity index (χ0) is 21.3. The molecule has 4 rings (SSSR count). The number of benzene rings is 4. The third kappa shape index (κ3) is 3.67. The Bertz CT molecular complexity index is 1250. The molecule has 0 aliphatic heterocycles. The number of hydrogen-bond acceptors (Lipinski definition) is 4. The van der Waals surface area contributed by atoms with Crippen molar-refractivity contribution in [2.75, 3.05) is 5.43 Å². The molecule has 0 aromatic heterocycles. The Morgan fingerprint density at radius 3 is 2.07 bits per heavy atom. The highest BCUT2D eigenvalue weighted by atomic mass is 19.4. The molecule has 30 heavy (non-hydrogen) atoms. The second-order valence-electron chi connectivity index (χ2n) is 6.59. The maximum absolute atomic E-state index is 12.9. The van der Waals surface area contributed by atoms with Gasteiger partial charge in [-0.05, 0) is 39.7 Å². The standard InChI is InChI=1S/C22H14F3N3O2/c23-22(24,25)16-9-10-20(21(12-16)28(29)30)27-26-13-19-17-7-3-1-5-14(17)11-15-6-2-4-8-18(15)19/h1-13,27H/b26-13-. The molecule has 5 nitrogen and oxygen atoms in total. The van der Waals surface area contributed by atoms with Gasteiger partial charge in [0, 0.05) is 11.6 Å². The molecule has 0 saturated carbocycles. The van der Waals surface area contributed by atoms with Crippen LogP contribution in [0.4, 0.5) is 24.5 Å². The Kier molecular flexibility index (Phi) is 4.83. The van der Waals surface area contributed by atoms with Gasteiger partial charge in [0.1, 0.15) is 5.69 Å². The molecule has 0 saturated heterocycles. The van der Waals surface area contributed by atoms with Crippen LogP contribution in [0.1, 0.15) is 11.1 Å². The number of nitro groups is 1. The topological polar surface area (TPSA) is 67.5 Å². The van der Waals surface area contributed by atoms with Gasteiger partial charge >= 0.3 is 6.18 Å². The molecule has 0 amide bonds. The lowest BCUT2D eigenvalue weighted by atomic mass is 9.97. The van der Waals surface area contributed by atoms with E-state index in [1.54, 1.807) is 0 Å². The van der Waals surface area contributed by atoms with Crippen LogP contribution in [0.5, 0.6) is 0 Å². The fourth-order valence-electron chi connectivity index (χ4n) is 3.31. The van der Waals surface area contributed by atoms with Crippen LogP contribution < -0.4 is 5.43 Å². The molecule has 0 aliphatic carbocycles. The lowest BCUT2D eigenvalue weighted by molar-refractivity contribution is -0.384. The van der Waals surface area contributed by atoms with Crippen LogP contribution in [0, 0.1) is 10.1 Å². The SMILES string of the molecule is O=[N+]([O-])c1cc(C(F)(F)F)ccc1N/N=C\c1c2ccccc2cc2ccccc12. The molecule has 8 heteroatoms. The molecular formula is C22H14F3N3O2. The molecule has 4 aromatic rings. The van der Waals surface area contributed by atoms with Crippen molar-refractivity contribution in [3.05, 3.63) is 94.0 Å². The van der Waals surface area contributed by atoms with Gasteiger partial charge in [-0.15, -0.1) is 0 Å². The van der Waals surface area contributed by atoms with E-state index >= 15 is 0 Å². The summed E-state index contributed by atoms with van der Waals surface area (Å²) in [5.74, 6) is 0. The molecule has 150 valence electrons. The van der Waals surface area contributed by atoms with E-state index in [1.807, 2.05) is 48.5 Å². The minimum Gasteiger partial charge on any atom is -0.272 e. The summed E-state index contributed by atoms with van der Waals surface area (Å²) in [6.07, 6.45) is -3.15. The van der Waals surface area contributed by atoms with Crippen molar-refractivity contribution in [3.8, 4) is 0 Å². The van der Waals surface area contributed by atoms with Gasteiger partial charge in [-0.2, -0.15) is 18.3 Å². The molecule has 0 radical (unpaired) electrons. The van der Waals surface area contributed by atoms with Crippen LogP contribution >= 0.6 is 0 Å². The largest absolute Gasteiger partial charge is 0.416 e. The van der Waals surface area contributed by atoms with E-state index in [-0.39, 0.29) is 5.69 Å². The number of halogens is 3. The molecule has 1 N–H and O–H groups in total. The van der Waals surface area contributed by atoms with Gasteiger partial charge in [0.15, 0.2) is 0 Å². The Labute approximate surface area is 168 Å². The number of anilines is 1. The average molecular weight is 409 g/mol. The number of nitrogens with zero attached hydrogens (tertiary/aromatic N) is 2. The summed E-state index contributed by atoms with van der Waals surface area (Å²) in [7, 11) is 0. The normalized spacial score (nSPS) is 12.0. The first-order valence-electron chi connectivity index (χ1n) is 8.90. The fourth-order valence-corrected chi connectivity index (χ4v) is 3.31. The summed E-state index contributed by atoms with van der Waals surface area (Å²) in [5.41, 5.74) is 1.38. The molecule has 0 fully saturated rings. The first-order valence-corrected chi connectivity index (χ1v) is 8.90. The monoisotopic (exact) mass is 409 g/mol. The Hall–Kier alpha value is -3.94. The van der Waals surface area contributed by atoms with Gasteiger partial charge in [-0.1, -0.05) is 48.5 Å². The highest BCUT2D eigenvalue weighted by molar-refractivity contribution is 6.13. The summed E-state index contributed by atoms with van der Waals surface area (Å²) < 4.78 is 38.6. The van der Waals surface area contributed by atoms with Gasteiger partial charge < -0.3 is 0 Å². The Balaban J connectivity index is 1.75. The third-order valence-corrected chi connectivity index (χ3v) is 4.71. The first kappa shape index (κ1) is 19.4. The van der Waals surface area contributed by atoms with E-state index in [2.05, 4.69) is 16.6 Å². The fraction of sp³-hybridized carbons (Fsp3) is 0.0455. The van der Waals surface area contributed by atoms with Crippen molar-refractivity contribution in [3.63, 3.8) is 0 Å². The van der Waals surface area contributed by atoms with E-state index in [9.17, 15) is 23.3 Å². The predicted octanol–water partition coefficient (Wildman–Crippen LogP) is 6.37. The van der Waals surface area contributed by atoms with Crippen molar-refractivity contribution in [1.82, 2.24) is 0 Å². The Morgan fingerprint density at radius 1 is 0.900 bits per heavy atom. The molecule has 0 spiro atoms. The van der Waals surface area contributed by atoms with E-state index < -0.39 is 22.4 Å². The van der Waals surface area contributed by atoms with Crippen molar-refractivity contribution in [1.29, 1.82) is 0 Å². The van der Waals surface area contributed by atoms with Crippen molar-refractivity contribution < 1.29 is 18.1 Å². The van der Waals surface area contributed by atoms with E-state index in [0.717, 1.165) is 39.2 Å². The molecule has 0 heterocycles. The molecule has 0 aliphatic rings. The van der Waals surface area contributed by atoms with Crippen LogP contribution in [-0.4, -0.2) is 11.1 Å². The number of hydrazone groups is 1. The minimum atomic E-state index is -4.67. The van der Waals surface area contributed by atoms with Gasteiger partial charge in [0.05, 0.1) is 16.7 Å². The summed E-state index contributed by atoms with van der Waals surface area (Å²) in [4.78, 5) is 10.4. The van der Waals surface area contributed by atoms with Crippen molar-refractivity contribution >= 4 is 39.1 Å². The van der Waals surface area contributed by atoms with Gasteiger partial charge in [-0.25, -0.2) is 0 Å². The van der Waals surface area contributed by atoms with Crippen LogP contribution in [0.25, 0.3) is 21.5 Å². The van der Waals surface area contributed by atoms with Crippen LogP contribution in [0.2, 0.25) is 0 Å². The van der Waals surface area contributed by atoms with Crippen LogP contribution in [-0.2, 0) is 6.18 Å². The maximum atomic E-state index is 12.9. The highest BCUT2D eigenvalue weighted by Crippen LogP contribution is 2.35. The third-order valence-electron chi connectivity index (χ3n) is 4.71. The number of hydrogen-bond donors (Lipinski definition) is 1. The zero-order valence-electron chi connectivity index (χ0n) is 15.4. The molecule has 4 aromatic carbocycles. The van der Waals surface area contributed by atoms with E-state index in [1.165, 1.54) is 6.21 Å². The zero-order valence-corrected chi connectivity index (χ0v) is 15.4. The predicted molar refractivity (Wildman–Crippen MR) is 111 cm³/mol. The first-order chi connectivity index (χ1) is 14.3. The van der Waals surface area contributed by atoms with E-state index in [4.69, 9.17) is 0 Å². The lowest BCUT2D eigenvalue weighted by Gasteiger charge is -2.09. The Morgan fingerprint density at radius 2 is 1.50 bits per heavy atom. The number of rotatable bonds is 4. The van der Waals surface area contributed by atoms with Gasteiger partial charge in [0.25, 0.3) is 5.69 Å². The van der Waals surface area contributed by atoms with Gasteiger partial charge in [-0.3, -0.25) is 15.5 Å². The maximum Gasteiger partial charge on any atom is 0.416 e. The summed E-state index contributed by atoms with van der Waals surface area (Å²) in [6, 6.07) is 19.7. The number of nitro benzene ring substituents is 1. The quantitative estimate of drug-likeness (QED) is 0.184. The summed E-state index contributed by atoms with van der Waals surface area (Å²) in [5, 5.41) is 19.2. The summed E-state index contributed by atoms with van der Waals surface area (Å²) in [6.45, 7) is 0. The number of nitrogens with one attached hydrogen (secondary N) is 1. The molecule has 0 unspecified atom stereocenters. The number of fused-ring (bicyclic) bond motifs is 2. The molecular weight excluding hydrogens is 395 g/mol. The van der Waals surface area contributed by atoms with Crippen LogP contribution in [0.15, 0.2) is 77.9 Å². The second kappa shape index (κ2) is 7.47. The van der Waals surface area contributed by atoms with E-state index in [0.29, 0.717) is 6.07 Å². The van der Waals surface area contributed by atoms with Crippen molar-refractivity contribution in [2.45, 2.75) is 6.18 Å². The van der Waals surface area contributed by atoms with Gasteiger partial charge in [0.2, 0.25) is 0 Å². The number of alkyl halides is 3. The minimum absolute atomic E-state index is 0.131. The summed E-state index contributed by atoms with van der Waals surface area (Å²) >= 11 is 0. The van der Waals surface area contributed by atoms with Crippen LogP contribution in [0.3, 0.4) is 0 Å². The molecule has 0 bridgehead atoms. The molecule has 0 atom stereocenters. The second-order valence-corrected chi connectivity index (χ2v) is 6.59.